The Kier molecular flexibility index (Phi) is 3.99. The van der Waals surface area contributed by atoms with Crippen LogP contribution in [0.3, 0.4) is 0 Å². The molecule has 0 heterocycles. The predicted molar refractivity (Wildman–Crippen MR) is 69.3 cm³/mol. The maximum absolute atomic E-state index is 13.7. The number of nitrogens with zero attached hydrogens (tertiary/aromatic N) is 1. The Labute approximate surface area is 116 Å². The minimum Gasteiger partial charge on any atom is -0.399 e. The number of aliphatic hydroxyl groups excluding tert-OH is 1. The highest BCUT2D eigenvalue weighted by molar-refractivity contribution is 7.89. The summed E-state index contributed by atoms with van der Waals surface area (Å²) < 4.78 is 52.7. The van der Waals surface area contributed by atoms with E-state index in [1.807, 2.05) is 0 Å². The Bertz CT molecular complexity index is 592. The number of aliphatic hydroxyl groups is 1. The van der Waals surface area contributed by atoms with E-state index in [9.17, 15) is 17.2 Å². The zero-order chi connectivity index (χ0) is 15.1. The van der Waals surface area contributed by atoms with Crippen LogP contribution >= 0.6 is 0 Å². The smallest absolute Gasteiger partial charge is 0.248 e. The summed E-state index contributed by atoms with van der Waals surface area (Å²) in [6, 6.07) is 1.55. The summed E-state index contributed by atoms with van der Waals surface area (Å²) in [6.07, 6.45) is 0.570. The van der Waals surface area contributed by atoms with Crippen molar-refractivity contribution in [3.8, 4) is 0 Å². The fourth-order valence-electron chi connectivity index (χ4n) is 2.29. The van der Waals surface area contributed by atoms with E-state index in [1.165, 1.54) is 7.05 Å². The van der Waals surface area contributed by atoms with Crippen LogP contribution in [0.4, 0.5) is 14.5 Å². The molecule has 0 bridgehead atoms. The van der Waals surface area contributed by atoms with E-state index in [0.29, 0.717) is 12.8 Å². The number of halogens is 2. The van der Waals surface area contributed by atoms with Crippen molar-refractivity contribution < 1.29 is 22.3 Å². The zero-order valence-electron chi connectivity index (χ0n) is 10.9. The molecule has 20 heavy (non-hydrogen) atoms. The second kappa shape index (κ2) is 5.27. The number of sulfonamides is 1. The van der Waals surface area contributed by atoms with Crippen molar-refractivity contribution in [2.45, 2.75) is 23.8 Å². The lowest BCUT2D eigenvalue weighted by molar-refractivity contribution is 0.0367. The Morgan fingerprint density at radius 1 is 1.35 bits per heavy atom. The highest BCUT2D eigenvalue weighted by Crippen LogP contribution is 2.30. The number of hydrogen-bond donors (Lipinski definition) is 2. The van der Waals surface area contributed by atoms with Gasteiger partial charge in [0.1, 0.15) is 11.6 Å². The minimum absolute atomic E-state index is 0.00433. The van der Waals surface area contributed by atoms with Gasteiger partial charge in [-0.1, -0.05) is 0 Å². The fourth-order valence-corrected chi connectivity index (χ4v) is 3.62. The summed E-state index contributed by atoms with van der Waals surface area (Å²) in [7, 11) is -3.00. The van der Waals surface area contributed by atoms with Gasteiger partial charge < -0.3 is 10.8 Å². The predicted octanol–water partition coefficient (Wildman–Crippen LogP) is 0.938. The third kappa shape index (κ3) is 2.77. The molecule has 1 aromatic carbocycles. The number of benzene rings is 1. The van der Waals surface area contributed by atoms with Crippen molar-refractivity contribution >= 4 is 15.7 Å². The lowest BCUT2D eigenvalue weighted by Gasteiger charge is -2.34. The molecule has 0 aromatic heterocycles. The maximum atomic E-state index is 13.7. The molecule has 112 valence electrons. The number of anilines is 1. The molecule has 1 aliphatic rings. The summed E-state index contributed by atoms with van der Waals surface area (Å²) >= 11 is 0. The number of nitrogen functional groups attached to an aromatic ring is 1. The molecule has 0 unspecified atom stereocenters. The van der Waals surface area contributed by atoms with Crippen LogP contribution in [0.25, 0.3) is 0 Å². The van der Waals surface area contributed by atoms with Crippen molar-refractivity contribution in [2.24, 2.45) is 5.92 Å². The normalized spacial score (nSPS) is 22.9. The van der Waals surface area contributed by atoms with Gasteiger partial charge in [0.2, 0.25) is 10.0 Å². The second-order valence-electron chi connectivity index (χ2n) is 5.09. The first-order valence-electron chi connectivity index (χ1n) is 6.10. The summed E-state index contributed by atoms with van der Waals surface area (Å²) in [6.45, 7) is 0.114. The van der Waals surface area contributed by atoms with Crippen molar-refractivity contribution in [3.05, 3.63) is 23.8 Å². The standard InChI is InChI=1S/C12H16F2N2O3S/c1-16(6-7-2-9(17)3-7)20(18,19)12-10(13)4-8(15)5-11(12)14/h4-5,7,9,17H,2-3,6,15H2,1H3. The first kappa shape index (κ1) is 15.1. The van der Waals surface area contributed by atoms with Gasteiger partial charge in [-0.25, -0.2) is 21.5 Å². The third-order valence-electron chi connectivity index (χ3n) is 3.42. The summed E-state index contributed by atoms with van der Waals surface area (Å²) in [5.74, 6) is -2.41. The van der Waals surface area contributed by atoms with Crippen LogP contribution < -0.4 is 5.73 Å². The molecule has 0 saturated heterocycles. The maximum Gasteiger partial charge on any atom is 0.248 e. The molecule has 1 aliphatic carbocycles. The zero-order valence-corrected chi connectivity index (χ0v) is 11.7. The highest BCUT2D eigenvalue weighted by Gasteiger charge is 2.34. The van der Waals surface area contributed by atoms with Gasteiger partial charge in [-0.2, -0.15) is 0 Å². The van der Waals surface area contributed by atoms with E-state index in [0.717, 1.165) is 16.4 Å². The van der Waals surface area contributed by atoms with Gasteiger partial charge in [0, 0.05) is 19.3 Å². The SMILES string of the molecule is CN(CC1CC(O)C1)S(=O)(=O)c1c(F)cc(N)cc1F. The van der Waals surface area contributed by atoms with Gasteiger partial charge in [-0.3, -0.25) is 0 Å². The van der Waals surface area contributed by atoms with Gasteiger partial charge in [-0.15, -0.1) is 0 Å². The van der Waals surface area contributed by atoms with Crippen molar-refractivity contribution in [1.82, 2.24) is 4.31 Å². The van der Waals surface area contributed by atoms with Crippen molar-refractivity contribution in [3.63, 3.8) is 0 Å². The molecule has 1 saturated carbocycles. The molecule has 1 aromatic rings. The highest BCUT2D eigenvalue weighted by atomic mass is 32.2. The lowest BCUT2D eigenvalue weighted by Crippen LogP contribution is -2.40. The van der Waals surface area contributed by atoms with Crippen molar-refractivity contribution in [1.29, 1.82) is 0 Å². The van der Waals surface area contributed by atoms with E-state index >= 15 is 0 Å². The van der Waals surface area contributed by atoms with Crippen LogP contribution in [0.5, 0.6) is 0 Å². The number of rotatable bonds is 4. The molecule has 2 rings (SSSR count). The molecule has 0 amide bonds. The average Bonchev–Trinajstić information content (AvgIpc) is 2.24. The summed E-state index contributed by atoms with van der Waals surface area (Å²) in [5, 5.41) is 9.17. The summed E-state index contributed by atoms with van der Waals surface area (Å²) in [4.78, 5) is -0.992. The van der Waals surface area contributed by atoms with Gasteiger partial charge in [0.25, 0.3) is 0 Å². The molecule has 5 nitrogen and oxygen atoms in total. The van der Waals surface area contributed by atoms with Gasteiger partial charge >= 0.3 is 0 Å². The average molecular weight is 306 g/mol. The molecule has 0 spiro atoms. The Morgan fingerprint density at radius 2 is 1.85 bits per heavy atom. The quantitative estimate of drug-likeness (QED) is 0.811. The van der Waals surface area contributed by atoms with Crippen LogP contribution in [0, 0.1) is 17.6 Å². The fraction of sp³-hybridized carbons (Fsp3) is 0.500. The van der Waals surface area contributed by atoms with Crippen LogP contribution in [-0.4, -0.2) is 37.5 Å². The minimum atomic E-state index is -4.26. The van der Waals surface area contributed by atoms with Crippen LogP contribution in [0.1, 0.15) is 12.8 Å². The Balaban J connectivity index is 2.26. The van der Waals surface area contributed by atoms with Gasteiger partial charge in [-0.05, 0) is 30.9 Å². The molecule has 0 atom stereocenters. The van der Waals surface area contributed by atoms with E-state index in [4.69, 9.17) is 10.8 Å². The number of hydrogen-bond acceptors (Lipinski definition) is 4. The molecule has 0 radical (unpaired) electrons. The van der Waals surface area contributed by atoms with Crippen molar-refractivity contribution in [2.75, 3.05) is 19.3 Å². The molecule has 0 aliphatic heterocycles. The molecule has 1 fully saturated rings. The topological polar surface area (TPSA) is 83.6 Å². The first-order valence-corrected chi connectivity index (χ1v) is 7.54. The molecular formula is C12H16F2N2O3S. The monoisotopic (exact) mass is 306 g/mol. The number of nitrogens with two attached hydrogens (primary N) is 1. The van der Waals surface area contributed by atoms with E-state index in [-0.39, 0.29) is 18.2 Å². The second-order valence-corrected chi connectivity index (χ2v) is 7.07. The lowest BCUT2D eigenvalue weighted by atomic mass is 9.82. The van der Waals surface area contributed by atoms with Crippen LogP contribution in [0.15, 0.2) is 17.0 Å². The molecule has 8 heteroatoms. The van der Waals surface area contributed by atoms with Crippen LogP contribution in [-0.2, 0) is 10.0 Å². The van der Waals surface area contributed by atoms with E-state index < -0.39 is 32.7 Å². The molecule has 3 N–H and O–H groups in total. The Morgan fingerprint density at radius 3 is 2.30 bits per heavy atom. The van der Waals surface area contributed by atoms with Crippen LogP contribution in [0.2, 0.25) is 0 Å². The van der Waals surface area contributed by atoms with Gasteiger partial charge in [0.05, 0.1) is 6.10 Å². The van der Waals surface area contributed by atoms with E-state index in [2.05, 4.69) is 0 Å². The first-order chi connectivity index (χ1) is 9.21. The summed E-state index contributed by atoms with van der Waals surface area (Å²) in [5.41, 5.74) is 5.08. The Hall–Kier alpha value is -1.25. The molecular weight excluding hydrogens is 290 g/mol. The largest absolute Gasteiger partial charge is 0.399 e. The van der Waals surface area contributed by atoms with E-state index in [1.54, 1.807) is 0 Å². The van der Waals surface area contributed by atoms with Gasteiger partial charge in [0.15, 0.2) is 4.90 Å². The third-order valence-corrected chi connectivity index (χ3v) is 5.29.